The van der Waals surface area contributed by atoms with Gasteiger partial charge in [0.25, 0.3) is 5.56 Å². The molecule has 0 fully saturated rings. The highest BCUT2D eigenvalue weighted by Crippen LogP contribution is 2.24. The van der Waals surface area contributed by atoms with Crippen LogP contribution in [0.2, 0.25) is 0 Å². The van der Waals surface area contributed by atoms with Gasteiger partial charge in [-0.2, -0.15) is 0 Å². The van der Waals surface area contributed by atoms with Gasteiger partial charge in [-0.25, -0.2) is 9.97 Å². The van der Waals surface area contributed by atoms with Gasteiger partial charge in [0.15, 0.2) is 5.16 Å². The number of nitrogens with one attached hydrogen (secondary N) is 1. The lowest BCUT2D eigenvalue weighted by molar-refractivity contribution is 0.932. The Bertz CT molecular complexity index is 568. The van der Waals surface area contributed by atoms with Crippen molar-refractivity contribution >= 4 is 23.3 Å². The summed E-state index contributed by atoms with van der Waals surface area (Å²) in [5.41, 5.74) is 11.3. The fourth-order valence-electron chi connectivity index (χ4n) is 1.03. The van der Waals surface area contributed by atoms with E-state index in [-0.39, 0.29) is 11.4 Å². The number of H-pyrrole nitrogens is 1. The summed E-state index contributed by atoms with van der Waals surface area (Å²) in [7, 11) is 0. The van der Waals surface area contributed by atoms with Gasteiger partial charge in [-0.15, -0.1) is 0 Å². The van der Waals surface area contributed by atoms with E-state index in [0.717, 1.165) is 0 Å². The topological polar surface area (TPSA) is 111 Å². The minimum absolute atomic E-state index is 0.207. The molecule has 82 valence electrons. The number of aromatic nitrogens is 3. The molecule has 2 heterocycles. The molecule has 0 bridgehead atoms. The number of pyridine rings is 1. The smallest absolute Gasteiger partial charge is 0.251 e. The number of anilines is 2. The second-order valence-electron chi connectivity index (χ2n) is 2.97. The van der Waals surface area contributed by atoms with E-state index in [9.17, 15) is 4.79 Å². The summed E-state index contributed by atoms with van der Waals surface area (Å²) in [6, 6.07) is 4.71. The van der Waals surface area contributed by atoms with Crippen molar-refractivity contribution in [2.24, 2.45) is 0 Å². The van der Waals surface area contributed by atoms with Crippen LogP contribution in [-0.2, 0) is 0 Å². The third-order valence-electron chi connectivity index (χ3n) is 1.78. The highest BCUT2D eigenvalue weighted by atomic mass is 32.2. The van der Waals surface area contributed by atoms with Gasteiger partial charge in [-0.05, 0) is 23.9 Å². The Morgan fingerprint density at radius 3 is 2.75 bits per heavy atom. The molecule has 0 spiro atoms. The quantitative estimate of drug-likeness (QED) is 0.653. The van der Waals surface area contributed by atoms with Crippen molar-refractivity contribution in [3.05, 3.63) is 34.7 Å². The van der Waals surface area contributed by atoms with Crippen LogP contribution in [0.5, 0.6) is 0 Å². The van der Waals surface area contributed by atoms with Crippen molar-refractivity contribution in [3.8, 4) is 0 Å². The molecule has 2 aromatic heterocycles. The Kier molecular flexibility index (Phi) is 2.78. The van der Waals surface area contributed by atoms with Gasteiger partial charge < -0.3 is 16.5 Å². The van der Waals surface area contributed by atoms with Gasteiger partial charge in [-0.1, -0.05) is 0 Å². The minimum Gasteiger partial charge on any atom is -0.396 e. The number of hydrogen-bond acceptors (Lipinski definition) is 6. The Morgan fingerprint density at radius 1 is 1.25 bits per heavy atom. The Morgan fingerprint density at radius 2 is 2.06 bits per heavy atom. The van der Waals surface area contributed by atoms with E-state index in [1.807, 2.05) is 0 Å². The lowest BCUT2D eigenvalue weighted by Gasteiger charge is -2.02. The average molecular weight is 235 g/mol. The van der Waals surface area contributed by atoms with E-state index in [0.29, 0.717) is 15.9 Å². The van der Waals surface area contributed by atoms with E-state index < -0.39 is 0 Å². The van der Waals surface area contributed by atoms with Crippen LogP contribution in [0.1, 0.15) is 0 Å². The van der Waals surface area contributed by atoms with Crippen LogP contribution in [0.4, 0.5) is 11.5 Å². The van der Waals surface area contributed by atoms with Crippen molar-refractivity contribution in [3.63, 3.8) is 0 Å². The molecule has 7 heteroatoms. The second-order valence-corrected chi connectivity index (χ2v) is 3.97. The van der Waals surface area contributed by atoms with Crippen LogP contribution in [0.15, 0.2) is 39.4 Å². The van der Waals surface area contributed by atoms with Crippen LogP contribution in [0.25, 0.3) is 0 Å². The number of hydrogen-bond donors (Lipinski definition) is 3. The molecule has 6 nitrogen and oxygen atoms in total. The summed E-state index contributed by atoms with van der Waals surface area (Å²) in [6.45, 7) is 0. The molecule has 0 aromatic carbocycles. The fourth-order valence-corrected chi connectivity index (χ4v) is 1.77. The number of nitrogen functional groups attached to an aromatic ring is 2. The molecule has 0 unspecified atom stereocenters. The van der Waals surface area contributed by atoms with E-state index in [2.05, 4.69) is 15.0 Å². The number of nitrogens with two attached hydrogens (primary N) is 2. The highest BCUT2D eigenvalue weighted by molar-refractivity contribution is 7.99. The lowest BCUT2D eigenvalue weighted by Crippen LogP contribution is -2.05. The van der Waals surface area contributed by atoms with Crippen LogP contribution in [-0.4, -0.2) is 15.0 Å². The molecule has 0 atom stereocenters. The van der Waals surface area contributed by atoms with Crippen LogP contribution in [0, 0.1) is 0 Å². The largest absolute Gasteiger partial charge is 0.396 e. The molecular formula is C9H9N5OS. The monoisotopic (exact) mass is 235 g/mol. The van der Waals surface area contributed by atoms with E-state index in [4.69, 9.17) is 11.5 Å². The van der Waals surface area contributed by atoms with Crippen molar-refractivity contribution in [1.82, 2.24) is 15.0 Å². The first-order valence-corrected chi connectivity index (χ1v) is 5.22. The van der Waals surface area contributed by atoms with Gasteiger partial charge in [0, 0.05) is 12.3 Å². The first-order valence-electron chi connectivity index (χ1n) is 4.40. The zero-order valence-electron chi connectivity index (χ0n) is 8.18. The summed E-state index contributed by atoms with van der Waals surface area (Å²) in [5, 5.41) is 1.09. The number of aromatic amines is 1. The summed E-state index contributed by atoms with van der Waals surface area (Å²) in [4.78, 5) is 21.6. The summed E-state index contributed by atoms with van der Waals surface area (Å²) >= 11 is 1.21. The van der Waals surface area contributed by atoms with Gasteiger partial charge in [0.05, 0.1) is 5.69 Å². The van der Waals surface area contributed by atoms with Crippen molar-refractivity contribution in [2.75, 3.05) is 11.5 Å². The third-order valence-corrected chi connectivity index (χ3v) is 2.62. The fraction of sp³-hybridized carbons (Fsp3) is 0. The maximum Gasteiger partial charge on any atom is 0.251 e. The molecule has 0 aliphatic heterocycles. The summed E-state index contributed by atoms with van der Waals surface area (Å²) in [5.74, 6) is 0.267. The SMILES string of the molecule is Nc1ccc(Sc2nccc(=O)[nH]2)nc1N. The molecule has 5 N–H and O–H groups in total. The van der Waals surface area contributed by atoms with E-state index in [1.165, 1.54) is 24.0 Å². The predicted molar refractivity (Wildman–Crippen MR) is 62.0 cm³/mol. The molecular weight excluding hydrogens is 226 g/mol. The first-order chi connectivity index (χ1) is 7.65. The molecule has 0 saturated heterocycles. The van der Waals surface area contributed by atoms with Crippen LogP contribution in [0.3, 0.4) is 0 Å². The molecule has 0 aliphatic carbocycles. The Balaban J connectivity index is 2.27. The van der Waals surface area contributed by atoms with E-state index >= 15 is 0 Å². The van der Waals surface area contributed by atoms with Gasteiger partial charge in [0.2, 0.25) is 0 Å². The molecule has 2 rings (SSSR count). The van der Waals surface area contributed by atoms with Gasteiger partial charge in [-0.3, -0.25) is 4.79 Å². The molecule has 0 radical (unpaired) electrons. The molecule has 2 aromatic rings. The van der Waals surface area contributed by atoms with Gasteiger partial charge in [0.1, 0.15) is 10.8 Å². The van der Waals surface area contributed by atoms with Crippen molar-refractivity contribution in [2.45, 2.75) is 10.2 Å². The molecule has 0 amide bonds. The number of nitrogens with zero attached hydrogens (tertiary/aromatic N) is 2. The first kappa shape index (κ1) is 10.5. The number of rotatable bonds is 2. The Hall–Kier alpha value is -2.02. The third kappa shape index (κ3) is 2.31. The van der Waals surface area contributed by atoms with Crippen LogP contribution < -0.4 is 17.0 Å². The maximum atomic E-state index is 11.0. The zero-order valence-corrected chi connectivity index (χ0v) is 8.99. The second kappa shape index (κ2) is 4.23. The van der Waals surface area contributed by atoms with Crippen molar-refractivity contribution < 1.29 is 0 Å². The standard InChI is InChI=1S/C9H9N5OS/c10-5-1-2-7(14-8(5)11)16-9-12-4-3-6(15)13-9/h1-4H,10H2,(H2,11,14)(H,12,13,15). The minimum atomic E-state index is -0.207. The lowest BCUT2D eigenvalue weighted by atomic mass is 10.4. The average Bonchev–Trinajstić information content (AvgIpc) is 2.24. The van der Waals surface area contributed by atoms with E-state index in [1.54, 1.807) is 12.1 Å². The highest BCUT2D eigenvalue weighted by Gasteiger charge is 2.03. The van der Waals surface area contributed by atoms with Crippen molar-refractivity contribution in [1.29, 1.82) is 0 Å². The zero-order chi connectivity index (χ0) is 11.5. The molecule has 16 heavy (non-hydrogen) atoms. The normalized spacial score (nSPS) is 10.2. The summed E-state index contributed by atoms with van der Waals surface area (Å²) < 4.78 is 0. The summed E-state index contributed by atoms with van der Waals surface area (Å²) in [6.07, 6.45) is 1.43. The Labute approximate surface area is 95.1 Å². The molecule has 0 saturated carbocycles. The van der Waals surface area contributed by atoms with Gasteiger partial charge >= 0.3 is 0 Å². The maximum absolute atomic E-state index is 11.0. The molecule has 0 aliphatic rings. The predicted octanol–water partition coefficient (Wildman–Crippen LogP) is 0.480. The van der Waals surface area contributed by atoms with Crippen LogP contribution >= 0.6 is 11.8 Å².